The first kappa shape index (κ1) is 16.8. The molecule has 1 saturated heterocycles. The lowest BCUT2D eigenvalue weighted by molar-refractivity contribution is -0.134. The second-order valence-electron chi connectivity index (χ2n) is 6.86. The molecule has 136 valence electrons. The number of amides is 1. The average Bonchev–Trinajstić information content (AvgIpc) is 3.19. The van der Waals surface area contributed by atoms with Crippen LogP contribution in [0.2, 0.25) is 0 Å². The van der Waals surface area contributed by atoms with E-state index in [1.54, 1.807) is 6.07 Å². The third kappa shape index (κ3) is 2.98. The normalized spacial score (nSPS) is 17.8. The summed E-state index contributed by atoms with van der Waals surface area (Å²) < 4.78 is 18.6. The van der Waals surface area contributed by atoms with E-state index in [-0.39, 0.29) is 24.2 Å². The van der Waals surface area contributed by atoms with Gasteiger partial charge < -0.3 is 14.4 Å². The van der Waals surface area contributed by atoms with Gasteiger partial charge in [0.05, 0.1) is 29.2 Å². The minimum Gasteiger partial charge on any atom is -0.361 e. The van der Waals surface area contributed by atoms with E-state index in [2.05, 4.69) is 15.1 Å². The molecular formula is C19H21FN4O2. The molecule has 1 N–H and O–H groups in total. The third-order valence-electron chi connectivity index (χ3n) is 5.11. The number of halogens is 1. The minimum absolute atomic E-state index is 0.0377. The number of aromatic amines is 1. The van der Waals surface area contributed by atoms with Crippen LogP contribution in [-0.2, 0) is 11.2 Å². The lowest BCUT2D eigenvalue weighted by atomic mass is 10.00. The summed E-state index contributed by atoms with van der Waals surface area (Å²) in [6.45, 7) is 4.36. The zero-order chi connectivity index (χ0) is 18.3. The van der Waals surface area contributed by atoms with Gasteiger partial charge in [-0.3, -0.25) is 4.79 Å². The van der Waals surface area contributed by atoms with E-state index < -0.39 is 0 Å². The standard InChI is InChI=1S/C19H21FN4O2/c1-11-14(12(2)26-23-11)10-18(25)24-8-4-3-5-17(24)19-21-15-7-6-13(20)9-16(15)22-19/h6-7,9,17H,3-5,8,10H2,1-2H3,(H,21,22)/t17-/m1/s1. The van der Waals surface area contributed by atoms with Gasteiger partial charge in [0.25, 0.3) is 0 Å². The maximum absolute atomic E-state index is 13.5. The summed E-state index contributed by atoms with van der Waals surface area (Å²) in [4.78, 5) is 22.6. The Morgan fingerprint density at radius 1 is 1.38 bits per heavy atom. The molecule has 1 fully saturated rings. The van der Waals surface area contributed by atoms with Gasteiger partial charge in [0.15, 0.2) is 0 Å². The Kier molecular flexibility index (Phi) is 4.22. The molecule has 6 nitrogen and oxygen atoms in total. The van der Waals surface area contributed by atoms with Crippen molar-refractivity contribution in [3.8, 4) is 0 Å². The Bertz CT molecular complexity index is 942. The van der Waals surface area contributed by atoms with Gasteiger partial charge in [0.2, 0.25) is 5.91 Å². The van der Waals surface area contributed by atoms with Gasteiger partial charge in [-0.05, 0) is 51.3 Å². The van der Waals surface area contributed by atoms with Crippen molar-refractivity contribution in [3.05, 3.63) is 46.9 Å². The number of benzene rings is 1. The van der Waals surface area contributed by atoms with Gasteiger partial charge in [-0.25, -0.2) is 9.37 Å². The lowest BCUT2D eigenvalue weighted by Crippen LogP contribution is -2.40. The summed E-state index contributed by atoms with van der Waals surface area (Å²) in [5.41, 5.74) is 2.98. The molecule has 2 aromatic heterocycles. The number of aryl methyl sites for hydroxylation is 2. The predicted octanol–water partition coefficient (Wildman–Crippen LogP) is 3.60. The van der Waals surface area contributed by atoms with E-state index in [0.29, 0.717) is 23.3 Å². The smallest absolute Gasteiger partial charge is 0.227 e. The summed E-state index contributed by atoms with van der Waals surface area (Å²) in [6.07, 6.45) is 3.12. The first-order valence-corrected chi connectivity index (χ1v) is 8.89. The summed E-state index contributed by atoms with van der Waals surface area (Å²) in [5, 5.41) is 3.93. The number of hydrogen-bond donors (Lipinski definition) is 1. The van der Waals surface area contributed by atoms with E-state index in [1.807, 2.05) is 18.7 Å². The SMILES string of the molecule is Cc1noc(C)c1CC(=O)N1CCCC[C@@H]1c1nc2ccc(F)cc2[nH]1. The van der Waals surface area contributed by atoms with E-state index >= 15 is 0 Å². The molecule has 0 unspecified atom stereocenters. The van der Waals surface area contributed by atoms with Gasteiger partial charge in [-0.2, -0.15) is 0 Å². The number of aromatic nitrogens is 3. The van der Waals surface area contributed by atoms with Crippen molar-refractivity contribution >= 4 is 16.9 Å². The van der Waals surface area contributed by atoms with E-state index in [1.165, 1.54) is 12.1 Å². The van der Waals surface area contributed by atoms with Crippen LogP contribution >= 0.6 is 0 Å². The van der Waals surface area contributed by atoms with Gasteiger partial charge >= 0.3 is 0 Å². The van der Waals surface area contributed by atoms with Crippen LogP contribution in [-0.4, -0.2) is 32.5 Å². The summed E-state index contributed by atoms with van der Waals surface area (Å²) in [5.74, 6) is 1.14. The van der Waals surface area contributed by atoms with Gasteiger partial charge in [-0.15, -0.1) is 0 Å². The Balaban J connectivity index is 1.62. The number of carbonyl (C=O) groups excluding carboxylic acids is 1. The van der Waals surface area contributed by atoms with Crippen LogP contribution in [0, 0.1) is 19.7 Å². The monoisotopic (exact) mass is 356 g/mol. The van der Waals surface area contributed by atoms with Crippen molar-refractivity contribution in [2.75, 3.05) is 6.54 Å². The van der Waals surface area contributed by atoms with E-state index in [9.17, 15) is 9.18 Å². The van der Waals surface area contributed by atoms with Crippen molar-refractivity contribution in [1.29, 1.82) is 0 Å². The molecule has 7 heteroatoms. The maximum Gasteiger partial charge on any atom is 0.227 e. The number of likely N-dealkylation sites (tertiary alicyclic amines) is 1. The predicted molar refractivity (Wildman–Crippen MR) is 94.0 cm³/mol. The van der Waals surface area contributed by atoms with Crippen LogP contribution < -0.4 is 0 Å². The molecule has 1 amide bonds. The molecule has 1 aliphatic rings. The van der Waals surface area contributed by atoms with Gasteiger partial charge in [-0.1, -0.05) is 5.16 Å². The van der Waals surface area contributed by atoms with Gasteiger partial charge in [0.1, 0.15) is 17.4 Å². The summed E-state index contributed by atoms with van der Waals surface area (Å²) in [7, 11) is 0. The van der Waals surface area contributed by atoms with Crippen LogP contribution in [0.4, 0.5) is 4.39 Å². The second kappa shape index (κ2) is 6.55. The lowest BCUT2D eigenvalue weighted by Gasteiger charge is -2.34. The molecule has 0 radical (unpaired) electrons. The molecule has 1 aliphatic heterocycles. The number of carbonyl (C=O) groups is 1. The van der Waals surface area contributed by atoms with Crippen LogP contribution in [0.5, 0.6) is 0 Å². The molecule has 3 heterocycles. The molecule has 3 aromatic rings. The summed E-state index contributed by atoms with van der Waals surface area (Å²) >= 11 is 0. The van der Waals surface area contributed by atoms with Crippen molar-refractivity contribution in [1.82, 2.24) is 20.0 Å². The molecule has 4 rings (SSSR count). The number of fused-ring (bicyclic) bond motifs is 1. The Labute approximate surface area is 150 Å². The number of hydrogen-bond acceptors (Lipinski definition) is 4. The number of H-pyrrole nitrogens is 1. The Morgan fingerprint density at radius 2 is 2.23 bits per heavy atom. The van der Waals surface area contributed by atoms with Crippen molar-refractivity contribution < 1.29 is 13.7 Å². The quantitative estimate of drug-likeness (QED) is 0.778. The van der Waals surface area contributed by atoms with E-state index in [4.69, 9.17) is 4.52 Å². The van der Waals surface area contributed by atoms with Crippen molar-refractivity contribution in [3.63, 3.8) is 0 Å². The molecule has 0 aliphatic carbocycles. The molecule has 26 heavy (non-hydrogen) atoms. The third-order valence-corrected chi connectivity index (χ3v) is 5.11. The Morgan fingerprint density at radius 3 is 3.00 bits per heavy atom. The van der Waals surface area contributed by atoms with Crippen molar-refractivity contribution in [2.24, 2.45) is 0 Å². The highest BCUT2D eigenvalue weighted by Crippen LogP contribution is 2.31. The second-order valence-corrected chi connectivity index (χ2v) is 6.86. The zero-order valence-corrected chi connectivity index (χ0v) is 14.9. The average molecular weight is 356 g/mol. The van der Waals surface area contributed by atoms with Crippen LogP contribution in [0.3, 0.4) is 0 Å². The number of imidazole rings is 1. The molecule has 0 spiro atoms. The fourth-order valence-corrected chi connectivity index (χ4v) is 3.68. The maximum atomic E-state index is 13.5. The first-order chi connectivity index (χ1) is 12.5. The number of nitrogens with zero attached hydrogens (tertiary/aromatic N) is 3. The van der Waals surface area contributed by atoms with Crippen LogP contribution in [0.25, 0.3) is 11.0 Å². The summed E-state index contributed by atoms with van der Waals surface area (Å²) in [6, 6.07) is 4.37. The minimum atomic E-state index is -0.303. The van der Waals surface area contributed by atoms with Crippen LogP contribution in [0.1, 0.15) is 48.1 Å². The van der Waals surface area contributed by atoms with Crippen molar-refractivity contribution in [2.45, 2.75) is 45.6 Å². The number of piperidine rings is 1. The van der Waals surface area contributed by atoms with E-state index in [0.717, 1.165) is 36.3 Å². The molecule has 1 aromatic carbocycles. The highest BCUT2D eigenvalue weighted by atomic mass is 19.1. The molecule has 0 bridgehead atoms. The largest absolute Gasteiger partial charge is 0.361 e. The fraction of sp³-hybridized carbons (Fsp3) is 0.421. The van der Waals surface area contributed by atoms with Gasteiger partial charge in [0, 0.05) is 12.1 Å². The Hall–Kier alpha value is -2.70. The highest BCUT2D eigenvalue weighted by molar-refractivity contribution is 5.80. The molecular weight excluding hydrogens is 335 g/mol. The first-order valence-electron chi connectivity index (χ1n) is 8.89. The zero-order valence-electron chi connectivity index (χ0n) is 14.9. The molecule has 0 saturated carbocycles. The number of nitrogens with one attached hydrogen (secondary N) is 1. The molecule has 1 atom stereocenters. The van der Waals surface area contributed by atoms with Crippen LogP contribution in [0.15, 0.2) is 22.7 Å². The number of rotatable bonds is 3. The highest BCUT2D eigenvalue weighted by Gasteiger charge is 2.31. The fourth-order valence-electron chi connectivity index (χ4n) is 3.68. The topological polar surface area (TPSA) is 75.0 Å².